The molecular weight excluding hydrogens is 242 g/mol. The van der Waals surface area contributed by atoms with Crippen LogP contribution in [0, 0.1) is 0 Å². The minimum absolute atomic E-state index is 1.02. The van der Waals surface area contributed by atoms with Gasteiger partial charge in [0.15, 0.2) is 0 Å². The molecule has 0 amide bonds. The molecule has 1 aromatic rings. The Balaban J connectivity index is 2.02. The largest absolute Gasteiger partial charge is 0.297 e. The highest BCUT2D eigenvalue weighted by Gasteiger charge is 2.14. The Morgan fingerprint density at radius 3 is 2.64 bits per heavy atom. The molecular formula is C10H16BrN3. The number of hydrogen-bond donors (Lipinski definition) is 0. The van der Waals surface area contributed by atoms with Gasteiger partial charge in [0.25, 0.3) is 0 Å². The van der Waals surface area contributed by atoms with E-state index in [0.29, 0.717) is 0 Å². The first kappa shape index (κ1) is 10.2. The quantitative estimate of drug-likeness (QED) is 0.810. The summed E-state index contributed by atoms with van der Waals surface area (Å²) in [6.07, 6.45) is 5.95. The Labute approximate surface area is 93.2 Å². The predicted molar refractivity (Wildman–Crippen MR) is 60.0 cm³/mol. The molecule has 0 radical (unpaired) electrons. The maximum absolute atomic E-state index is 4.22. The van der Waals surface area contributed by atoms with Crippen molar-refractivity contribution in [2.24, 2.45) is 7.05 Å². The standard InChI is InChI=1S/C10H16BrN3/c1-13-10(9(11)7-12-13)8-14-5-3-2-4-6-14/h7H,2-6,8H2,1H3. The molecule has 0 N–H and O–H groups in total. The van der Waals surface area contributed by atoms with Gasteiger partial charge in [-0.15, -0.1) is 0 Å². The summed E-state index contributed by atoms with van der Waals surface area (Å²) in [5.41, 5.74) is 1.28. The summed E-state index contributed by atoms with van der Waals surface area (Å²) in [4.78, 5) is 2.51. The van der Waals surface area contributed by atoms with E-state index in [0.717, 1.165) is 11.0 Å². The van der Waals surface area contributed by atoms with Crippen molar-refractivity contribution < 1.29 is 0 Å². The van der Waals surface area contributed by atoms with E-state index in [2.05, 4.69) is 25.9 Å². The number of piperidine rings is 1. The zero-order valence-electron chi connectivity index (χ0n) is 8.54. The number of nitrogens with zero attached hydrogens (tertiary/aromatic N) is 3. The van der Waals surface area contributed by atoms with Gasteiger partial charge in [0.05, 0.1) is 16.4 Å². The number of aromatic nitrogens is 2. The molecule has 78 valence electrons. The van der Waals surface area contributed by atoms with E-state index in [1.807, 2.05) is 17.9 Å². The molecule has 0 spiro atoms. The third kappa shape index (κ3) is 2.17. The van der Waals surface area contributed by atoms with Crippen LogP contribution in [-0.4, -0.2) is 27.8 Å². The zero-order chi connectivity index (χ0) is 9.97. The van der Waals surface area contributed by atoms with Gasteiger partial charge in [-0.3, -0.25) is 9.58 Å². The predicted octanol–water partition coefficient (Wildman–Crippen LogP) is 2.17. The summed E-state index contributed by atoms with van der Waals surface area (Å²) in [5.74, 6) is 0. The minimum atomic E-state index is 1.02. The van der Waals surface area contributed by atoms with Crippen LogP contribution in [0.25, 0.3) is 0 Å². The molecule has 0 bridgehead atoms. The monoisotopic (exact) mass is 257 g/mol. The summed E-state index contributed by atoms with van der Waals surface area (Å²) in [5, 5.41) is 4.22. The lowest BCUT2D eigenvalue weighted by atomic mass is 10.1. The molecule has 1 aliphatic heterocycles. The number of likely N-dealkylation sites (tertiary alicyclic amines) is 1. The molecule has 0 aromatic carbocycles. The van der Waals surface area contributed by atoms with Crippen LogP contribution in [0.2, 0.25) is 0 Å². The van der Waals surface area contributed by atoms with Gasteiger partial charge in [-0.25, -0.2) is 0 Å². The Bertz CT molecular complexity index is 283. The molecule has 2 rings (SSSR count). The lowest BCUT2D eigenvalue weighted by Crippen LogP contribution is -2.30. The van der Waals surface area contributed by atoms with E-state index < -0.39 is 0 Å². The molecule has 14 heavy (non-hydrogen) atoms. The normalized spacial score (nSPS) is 18.7. The van der Waals surface area contributed by atoms with Crippen LogP contribution in [0.4, 0.5) is 0 Å². The van der Waals surface area contributed by atoms with Crippen molar-refractivity contribution in [1.29, 1.82) is 0 Å². The maximum atomic E-state index is 4.22. The van der Waals surface area contributed by atoms with E-state index in [1.54, 1.807) is 0 Å². The second kappa shape index (κ2) is 4.45. The Kier molecular flexibility index (Phi) is 3.23. The lowest BCUT2D eigenvalue weighted by Gasteiger charge is -2.26. The Hall–Kier alpha value is -0.350. The fourth-order valence-electron chi connectivity index (χ4n) is 1.94. The second-order valence-electron chi connectivity index (χ2n) is 3.90. The smallest absolute Gasteiger partial charge is 0.0663 e. The summed E-state index contributed by atoms with van der Waals surface area (Å²) in [7, 11) is 2.00. The van der Waals surface area contributed by atoms with Gasteiger partial charge in [0.2, 0.25) is 0 Å². The van der Waals surface area contributed by atoms with E-state index >= 15 is 0 Å². The third-order valence-corrected chi connectivity index (χ3v) is 3.50. The van der Waals surface area contributed by atoms with Crippen molar-refractivity contribution in [3.8, 4) is 0 Å². The fraction of sp³-hybridized carbons (Fsp3) is 0.700. The van der Waals surface area contributed by atoms with Crippen LogP contribution in [-0.2, 0) is 13.6 Å². The Morgan fingerprint density at radius 1 is 1.36 bits per heavy atom. The van der Waals surface area contributed by atoms with Gasteiger partial charge in [-0.1, -0.05) is 6.42 Å². The van der Waals surface area contributed by atoms with E-state index in [4.69, 9.17) is 0 Å². The van der Waals surface area contributed by atoms with Crippen LogP contribution in [0.3, 0.4) is 0 Å². The molecule has 4 heteroatoms. The number of rotatable bonds is 2. The van der Waals surface area contributed by atoms with E-state index in [1.165, 1.54) is 38.0 Å². The third-order valence-electron chi connectivity index (χ3n) is 2.83. The van der Waals surface area contributed by atoms with Crippen LogP contribution in [0.5, 0.6) is 0 Å². The van der Waals surface area contributed by atoms with Gasteiger partial charge in [-0.05, 0) is 41.9 Å². The van der Waals surface area contributed by atoms with Gasteiger partial charge in [-0.2, -0.15) is 5.10 Å². The molecule has 1 aromatic heterocycles. The van der Waals surface area contributed by atoms with Crippen molar-refractivity contribution in [3.63, 3.8) is 0 Å². The van der Waals surface area contributed by atoms with E-state index in [-0.39, 0.29) is 0 Å². The SMILES string of the molecule is Cn1ncc(Br)c1CN1CCCCC1. The average Bonchev–Trinajstić information content (AvgIpc) is 2.51. The van der Waals surface area contributed by atoms with Crippen molar-refractivity contribution in [3.05, 3.63) is 16.4 Å². The molecule has 0 atom stereocenters. The average molecular weight is 258 g/mol. The summed E-state index contributed by atoms with van der Waals surface area (Å²) >= 11 is 3.53. The van der Waals surface area contributed by atoms with E-state index in [9.17, 15) is 0 Å². The molecule has 1 saturated heterocycles. The summed E-state index contributed by atoms with van der Waals surface area (Å²) in [6.45, 7) is 3.49. The zero-order valence-corrected chi connectivity index (χ0v) is 10.1. The first-order valence-corrected chi connectivity index (χ1v) is 5.95. The topological polar surface area (TPSA) is 21.1 Å². The molecule has 3 nitrogen and oxygen atoms in total. The van der Waals surface area contributed by atoms with Gasteiger partial charge in [0, 0.05) is 13.6 Å². The molecule has 1 aliphatic rings. The molecule has 1 fully saturated rings. The lowest BCUT2D eigenvalue weighted by molar-refractivity contribution is 0.215. The highest BCUT2D eigenvalue weighted by atomic mass is 79.9. The summed E-state index contributed by atoms with van der Waals surface area (Å²) in [6, 6.07) is 0. The first-order chi connectivity index (χ1) is 6.77. The van der Waals surface area contributed by atoms with Gasteiger partial charge < -0.3 is 0 Å². The van der Waals surface area contributed by atoms with Crippen LogP contribution in [0.15, 0.2) is 10.7 Å². The molecule has 0 aliphatic carbocycles. The van der Waals surface area contributed by atoms with Crippen LogP contribution in [0.1, 0.15) is 25.0 Å². The highest BCUT2D eigenvalue weighted by Crippen LogP contribution is 2.19. The molecule has 0 saturated carbocycles. The highest BCUT2D eigenvalue weighted by molar-refractivity contribution is 9.10. The van der Waals surface area contributed by atoms with Gasteiger partial charge in [0.1, 0.15) is 0 Å². The van der Waals surface area contributed by atoms with Crippen molar-refractivity contribution in [1.82, 2.24) is 14.7 Å². The number of halogens is 1. The van der Waals surface area contributed by atoms with Crippen LogP contribution >= 0.6 is 15.9 Å². The van der Waals surface area contributed by atoms with Crippen LogP contribution < -0.4 is 0 Å². The maximum Gasteiger partial charge on any atom is 0.0663 e. The fourth-order valence-corrected chi connectivity index (χ4v) is 2.42. The van der Waals surface area contributed by atoms with Crippen molar-refractivity contribution in [2.45, 2.75) is 25.8 Å². The second-order valence-corrected chi connectivity index (χ2v) is 4.75. The van der Waals surface area contributed by atoms with Gasteiger partial charge >= 0.3 is 0 Å². The first-order valence-electron chi connectivity index (χ1n) is 5.16. The van der Waals surface area contributed by atoms with Crippen molar-refractivity contribution >= 4 is 15.9 Å². The summed E-state index contributed by atoms with van der Waals surface area (Å²) < 4.78 is 3.09. The number of hydrogen-bond acceptors (Lipinski definition) is 2. The minimum Gasteiger partial charge on any atom is -0.297 e. The molecule has 0 unspecified atom stereocenters. The number of aryl methyl sites for hydroxylation is 1. The molecule has 2 heterocycles. The van der Waals surface area contributed by atoms with Crippen molar-refractivity contribution in [2.75, 3.05) is 13.1 Å². The Morgan fingerprint density at radius 2 is 2.07 bits per heavy atom.